The fraction of sp³-hybridized carbons (Fsp3) is 0.150. The average Bonchev–Trinajstić information content (AvgIpc) is 3.17. The lowest BCUT2D eigenvalue weighted by molar-refractivity contribution is 0.0954. The van der Waals surface area contributed by atoms with Crippen LogP contribution in [0.2, 0.25) is 0 Å². The van der Waals surface area contributed by atoms with Crippen molar-refractivity contribution >= 4 is 5.91 Å². The smallest absolute Gasteiger partial charge is 0.251 e. The van der Waals surface area contributed by atoms with Gasteiger partial charge in [0.05, 0.1) is 7.11 Å². The molecular formula is C20H20N2O2. The van der Waals surface area contributed by atoms with E-state index in [2.05, 4.69) is 5.32 Å². The van der Waals surface area contributed by atoms with Crippen LogP contribution in [0, 0.1) is 0 Å². The molecule has 4 nitrogen and oxygen atoms in total. The Morgan fingerprint density at radius 3 is 2.62 bits per heavy atom. The van der Waals surface area contributed by atoms with Crippen molar-refractivity contribution in [2.75, 3.05) is 13.7 Å². The van der Waals surface area contributed by atoms with Crippen molar-refractivity contribution in [2.45, 2.75) is 6.42 Å². The fourth-order valence-electron chi connectivity index (χ4n) is 2.64. The highest BCUT2D eigenvalue weighted by Crippen LogP contribution is 2.17. The molecule has 0 spiro atoms. The summed E-state index contributed by atoms with van der Waals surface area (Å²) in [5, 5.41) is 2.97. The summed E-state index contributed by atoms with van der Waals surface area (Å²) in [7, 11) is 1.66. The molecule has 0 saturated heterocycles. The molecule has 3 rings (SSSR count). The van der Waals surface area contributed by atoms with Gasteiger partial charge in [0, 0.05) is 30.2 Å². The Hall–Kier alpha value is -3.01. The van der Waals surface area contributed by atoms with Crippen molar-refractivity contribution in [1.82, 2.24) is 9.88 Å². The first-order valence-corrected chi connectivity index (χ1v) is 7.91. The molecule has 122 valence electrons. The van der Waals surface area contributed by atoms with Crippen LogP contribution in [0.1, 0.15) is 15.9 Å². The molecule has 1 amide bonds. The molecule has 0 bridgehead atoms. The van der Waals surface area contributed by atoms with E-state index in [1.54, 1.807) is 7.11 Å². The van der Waals surface area contributed by atoms with Gasteiger partial charge in [-0.3, -0.25) is 4.79 Å². The van der Waals surface area contributed by atoms with Gasteiger partial charge in [0.1, 0.15) is 5.75 Å². The summed E-state index contributed by atoms with van der Waals surface area (Å²) in [6.45, 7) is 0.562. The molecule has 1 aromatic heterocycles. The second kappa shape index (κ2) is 7.51. The Balaban J connectivity index is 1.62. The van der Waals surface area contributed by atoms with Gasteiger partial charge in [0.15, 0.2) is 0 Å². The molecule has 0 unspecified atom stereocenters. The molecule has 0 radical (unpaired) electrons. The predicted octanol–water partition coefficient (Wildman–Crippen LogP) is 3.46. The minimum absolute atomic E-state index is 0.0705. The Morgan fingerprint density at radius 1 is 1.04 bits per heavy atom. The third-order valence-electron chi connectivity index (χ3n) is 3.88. The number of aromatic nitrogens is 1. The zero-order chi connectivity index (χ0) is 16.8. The van der Waals surface area contributed by atoms with Gasteiger partial charge < -0.3 is 14.6 Å². The minimum atomic E-state index is -0.0705. The number of benzene rings is 2. The van der Waals surface area contributed by atoms with Crippen LogP contribution >= 0.6 is 0 Å². The summed E-state index contributed by atoms with van der Waals surface area (Å²) in [5.74, 6) is 0.778. The molecule has 24 heavy (non-hydrogen) atoms. The van der Waals surface area contributed by atoms with E-state index in [-0.39, 0.29) is 5.91 Å². The topological polar surface area (TPSA) is 43.3 Å². The summed E-state index contributed by atoms with van der Waals surface area (Å²) in [4.78, 5) is 12.4. The van der Waals surface area contributed by atoms with Crippen LogP contribution in [-0.4, -0.2) is 24.1 Å². The molecular weight excluding hydrogens is 300 g/mol. The van der Waals surface area contributed by atoms with Crippen molar-refractivity contribution in [3.8, 4) is 11.4 Å². The summed E-state index contributed by atoms with van der Waals surface area (Å²) in [5.41, 5.74) is 2.71. The average molecular weight is 320 g/mol. The standard InChI is InChI=1S/C20H20N2O2/c1-24-19-10-3-2-7-16(19)11-12-21-20(23)17-8-6-9-18(15-17)22-13-4-5-14-22/h2-10,13-15H,11-12H2,1H3,(H,21,23). The molecule has 1 heterocycles. The monoisotopic (exact) mass is 320 g/mol. The van der Waals surface area contributed by atoms with Gasteiger partial charge in [-0.2, -0.15) is 0 Å². The summed E-state index contributed by atoms with van der Waals surface area (Å²) >= 11 is 0. The number of amides is 1. The zero-order valence-corrected chi connectivity index (χ0v) is 13.6. The maximum atomic E-state index is 12.4. The molecule has 2 aromatic carbocycles. The normalized spacial score (nSPS) is 10.4. The first kappa shape index (κ1) is 15.9. The van der Waals surface area contributed by atoms with E-state index >= 15 is 0 Å². The van der Waals surface area contributed by atoms with E-state index in [0.29, 0.717) is 12.1 Å². The molecule has 0 aliphatic carbocycles. The molecule has 0 fully saturated rings. The summed E-state index contributed by atoms with van der Waals surface area (Å²) in [6.07, 6.45) is 4.64. The predicted molar refractivity (Wildman–Crippen MR) is 94.8 cm³/mol. The number of carbonyl (C=O) groups excluding carboxylic acids is 1. The number of hydrogen-bond acceptors (Lipinski definition) is 2. The highest BCUT2D eigenvalue weighted by atomic mass is 16.5. The van der Waals surface area contributed by atoms with Gasteiger partial charge in [0.25, 0.3) is 5.91 Å². The maximum Gasteiger partial charge on any atom is 0.251 e. The Bertz CT molecular complexity index is 810. The van der Waals surface area contributed by atoms with Gasteiger partial charge in [-0.25, -0.2) is 0 Å². The van der Waals surface area contributed by atoms with Crippen molar-refractivity contribution in [3.05, 3.63) is 84.2 Å². The van der Waals surface area contributed by atoms with Crippen LogP contribution in [0.25, 0.3) is 5.69 Å². The number of rotatable bonds is 6. The van der Waals surface area contributed by atoms with Gasteiger partial charge in [-0.1, -0.05) is 24.3 Å². The third-order valence-corrected chi connectivity index (χ3v) is 3.88. The highest BCUT2D eigenvalue weighted by Gasteiger charge is 2.07. The van der Waals surface area contributed by atoms with Gasteiger partial charge in [0.2, 0.25) is 0 Å². The molecule has 3 aromatic rings. The van der Waals surface area contributed by atoms with Crippen molar-refractivity contribution in [1.29, 1.82) is 0 Å². The molecule has 1 N–H and O–H groups in total. The van der Waals surface area contributed by atoms with E-state index in [1.807, 2.05) is 77.6 Å². The number of carbonyl (C=O) groups is 1. The first-order chi connectivity index (χ1) is 11.8. The second-order valence-electron chi connectivity index (χ2n) is 5.46. The zero-order valence-electron chi connectivity index (χ0n) is 13.6. The van der Waals surface area contributed by atoms with Crippen LogP contribution in [-0.2, 0) is 6.42 Å². The van der Waals surface area contributed by atoms with E-state index in [0.717, 1.165) is 23.4 Å². The molecule has 4 heteroatoms. The Morgan fingerprint density at radius 2 is 1.83 bits per heavy atom. The Labute approximate surface area is 141 Å². The van der Waals surface area contributed by atoms with Gasteiger partial charge >= 0.3 is 0 Å². The number of para-hydroxylation sites is 1. The van der Waals surface area contributed by atoms with Crippen molar-refractivity contribution in [3.63, 3.8) is 0 Å². The van der Waals surface area contributed by atoms with E-state index in [4.69, 9.17) is 4.74 Å². The van der Waals surface area contributed by atoms with Crippen molar-refractivity contribution in [2.24, 2.45) is 0 Å². The maximum absolute atomic E-state index is 12.4. The largest absolute Gasteiger partial charge is 0.496 e. The lowest BCUT2D eigenvalue weighted by atomic mass is 10.1. The van der Waals surface area contributed by atoms with Crippen molar-refractivity contribution < 1.29 is 9.53 Å². The van der Waals surface area contributed by atoms with Crippen LogP contribution in [0.15, 0.2) is 73.1 Å². The number of ether oxygens (including phenoxy) is 1. The third kappa shape index (κ3) is 3.66. The first-order valence-electron chi connectivity index (χ1n) is 7.91. The lowest BCUT2D eigenvalue weighted by Crippen LogP contribution is -2.25. The highest BCUT2D eigenvalue weighted by molar-refractivity contribution is 5.94. The molecule has 0 aliphatic rings. The van der Waals surface area contributed by atoms with E-state index in [9.17, 15) is 4.79 Å². The number of nitrogens with zero attached hydrogens (tertiary/aromatic N) is 1. The lowest BCUT2D eigenvalue weighted by Gasteiger charge is -2.10. The van der Waals surface area contributed by atoms with Crippen LogP contribution in [0.4, 0.5) is 0 Å². The summed E-state index contributed by atoms with van der Waals surface area (Å²) in [6, 6.07) is 19.4. The second-order valence-corrected chi connectivity index (χ2v) is 5.46. The summed E-state index contributed by atoms with van der Waals surface area (Å²) < 4.78 is 7.31. The van der Waals surface area contributed by atoms with Crippen LogP contribution in [0.5, 0.6) is 5.75 Å². The van der Waals surface area contributed by atoms with Gasteiger partial charge in [-0.05, 0) is 48.4 Å². The van der Waals surface area contributed by atoms with Crippen LogP contribution in [0.3, 0.4) is 0 Å². The molecule has 0 saturated carbocycles. The molecule has 0 atom stereocenters. The van der Waals surface area contributed by atoms with E-state index < -0.39 is 0 Å². The van der Waals surface area contributed by atoms with Gasteiger partial charge in [-0.15, -0.1) is 0 Å². The van der Waals surface area contributed by atoms with E-state index in [1.165, 1.54) is 0 Å². The SMILES string of the molecule is COc1ccccc1CCNC(=O)c1cccc(-n2cccc2)c1. The number of hydrogen-bond donors (Lipinski definition) is 1. The quantitative estimate of drug-likeness (QED) is 0.756. The van der Waals surface area contributed by atoms with Crippen LogP contribution < -0.4 is 10.1 Å². The fourth-order valence-corrected chi connectivity index (χ4v) is 2.64. The minimum Gasteiger partial charge on any atom is -0.496 e. The molecule has 0 aliphatic heterocycles. The number of methoxy groups -OCH3 is 1. The Kier molecular flexibility index (Phi) is 4.96. The number of nitrogens with one attached hydrogen (secondary N) is 1.